The van der Waals surface area contributed by atoms with Gasteiger partial charge in [-0.15, -0.1) is 11.3 Å². The van der Waals surface area contributed by atoms with Crippen LogP contribution in [-0.2, 0) is 17.4 Å². The summed E-state index contributed by atoms with van der Waals surface area (Å²) in [7, 11) is 0. The van der Waals surface area contributed by atoms with Crippen molar-refractivity contribution < 1.29 is 23.1 Å². The zero-order valence-electron chi connectivity index (χ0n) is 17.2. The number of carbonyl (C=O) groups is 1. The number of thiazole rings is 1. The van der Waals surface area contributed by atoms with Crippen LogP contribution in [0, 0.1) is 0 Å². The Hall–Kier alpha value is -2.85. The third kappa shape index (κ3) is 5.49. The van der Waals surface area contributed by atoms with Crippen LogP contribution >= 0.6 is 11.3 Å². The van der Waals surface area contributed by atoms with Gasteiger partial charge >= 0.3 is 6.18 Å². The van der Waals surface area contributed by atoms with Crippen LogP contribution in [0.5, 0.6) is 5.75 Å². The molecule has 3 aromatic rings. The number of phenols is 1. The number of carbonyl (C=O) groups excluding carboxylic acids is 1. The summed E-state index contributed by atoms with van der Waals surface area (Å²) in [5.74, 6) is 0.116. The summed E-state index contributed by atoms with van der Waals surface area (Å²) in [5.41, 5.74) is 0.725. The summed E-state index contributed by atoms with van der Waals surface area (Å²) in [6.45, 7) is 3.05. The Balaban J connectivity index is 1.21. The Labute approximate surface area is 187 Å². The molecule has 0 aliphatic carbocycles. The predicted octanol–water partition coefficient (Wildman–Crippen LogP) is 3.50. The van der Waals surface area contributed by atoms with Gasteiger partial charge in [0.1, 0.15) is 5.75 Å². The number of anilines is 1. The van der Waals surface area contributed by atoms with E-state index in [0.717, 1.165) is 21.3 Å². The smallest absolute Gasteiger partial charge is 0.416 e. The highest BCUT2D eigenvalue weighted by molar-refractivity contribution is 7.18. The Morgan fingerprint density at radius 2 is 1.91 bits per heavy atom. The molecule has 1 aliphatic heterocycles. The van der Waals surface area contributed by atoms with Crippen molar-refractivity contribution in [3.05, 3.63) is 53.0 Å². The van der Waals surface area contributed by atoms with Crippen LogP contribution in [0.15, 0.2) is 42.5 Å². The lowest BCUT2D eigenvalue weighted by Crippen LogP contribution is -2.49. The predicted molar refractivity (Wildman–Crippen MR) is 118 cm³/mol. The average molecular weight is 465 g/mol. The molecule has 10 heteroatoms. The van der Waals surface area contributed by atoms with Gasteiger partial charge < -0.3 is 15.3 Å². The summed E-state index contributed by atoms with van der Waals surface area (Å²) in [6, 6.07) is 10.4. The molecule has 0 unspecified atom stereocenters. The van der Waals surface area contributed by atoms with Gasteiger partial charge in [-0.3, -0.25) is 9.69 Å². The summed E-state index contributed by atoms with van der Waals surface area (Å²) < 4.78 is 39.7. The number of hydrogen-bond acceptors (Lipinski definition) is 6. The summed E-state index contributed by atoms with van der Waals surface area (Å²) in [5, 5.41) is 13.3. The lowest BCUT2D eigenvalue weighted by atomic mass is 10.1. The van der Waals surface area contributed by atoms with E-state index >= 15 is 0 Å². The number of piperazine rings is 1. The van der Waals surface area contributed by atoms with E-state index in [1.54, 1.807) is 24.3 Å². The number of aromatic hydroxyl groups is 1. The zero-order valence-corrected chi connectivity index (χ0v) is 18.0. The number of alkyl halides is 3. The molecule has 1 saturated heterocycles. The molecule has 2 heterocycles. The van der Waals surface area contributed by atoms with Gasteiger partial charge in [0, 0.05) is 44.8 Å². The van der Waals surface area contributed by atoms with E-state index in [1.807, 2.05) is 9.80 Å². The standard InChI is InChI=1S/C22H23F3N4O2S/c23-22(24,25)15-2-1-3-16(12-15)29-10-8-28(9-11-29)14-20(31)26-7-6-21-27-18-5-4-17(30)13-19(18)32-21/h1-5,12-13,30H,6-11,14H2,(H,26,31). The number of amides is 1. The molecule has 32 heavy (non-hydrogen) atoms. The highest BCUT2D eigenvalue weighted by Gasteiger charge is 2.31. The Bertz CT molecular complexity index is 1090. The molecule has 2 N–H and O–H groups in total. The van der Waals surface area contributed by atoms with Gasteiger partial charge in [0.2, 0.25) is 5.91 Å². The third-order valence-electron chi connectivity index (χ3n) is 5.36. The maximum atomic E-state index is 12.9. The van der Waals surface area contributed by atoms with Gasteiger partial charge in [0.15, 0.2) is 0 Å². The molecule has 0 radical (unpaired) electrons. The van der Waals surface area contributed by atoms with Crippen LogP contribution in [0.4, 0.5) is 18.9 Å². The first-order valence-corrected chi connectivity index (χ1v) is 11.1. The second-order valence-electron chi connectivity index (χ2n) is 7.67. The van der Waals surface area contributed by atoms with Crippen molar-refractivity contribution >= 4 is 33.1 Å². The van der Waals surface area contributed by atoms with E-state index in [4.69, 9.17) is 0 Å². The Morgan fingerprint density at radius 3 is 2.66 bits per heavy atom. The molecule has 0 atom stereocenters. The van der Waals surface area contributed by atoms with Crippen molar-refractivity contribution in [2.45, 2.75) is 12.6 Å². The van der Waals surface area contributed by atoms with Gasteiger partial charge in [0.25, 0.3) is 0 Å². The number of halogens is 3. The first-order valence-electron chi connectivity index (χ1n) is 10.3. The average Bonchev–Trinajstić information content (AvgIpc) is 3.15. The molecule has 2 aromatic carbocycles. The van der Waals surface area contributed by atoms with Gasteiger partial charge in [-0.1, -0.05) is 6.07 Å². The number of nitrogens with one attached hydrogen (secondary N) is 1. The molecule has 1 fully saturated rings. The molecule has 4 rings (SSSR count). The Kier molecular flexibility index (Phi) is 6.52. The molecular weight excluding hydrogens is 441 g/mol. The maximum Gasteiger partial charge on any atom is 0.416 e. The fourth-order valence-electron chi connectivity index (χ4n) is 3.68. The molecule has 0 spiro atoms. The van der Waals surface area contributed by atoms with Crippen LogP contribution in [0.1, 0.15) is 10.6 Å². The van der Waals surface area contributed by atoms with E-state index in [0.29, 0.717) is 44.8 Å². The fraction of sp³-hybridized carbons (Fsp3) is 0.364. The largest absolute Gasteiger partial charge is 0.508 e. The number of rotatable bonds is 6. The number of nitrogens with zero attached hydrogens (tertiary/aromatic N) is 3. The third-order valence-corrected chi connectivity index (χ3v) is 6.43. The van der Waals surface area contributed by atoms with Crippen molar-refractivity contribution in [3.8, 4) is 5.75 Å². The number of hydrogen-bond donors (Lipinski definition) is 2. The van der Waals surface area contributed by atoms with Crippen LogP contribution in [0.3, 0.4) is 0 Å². The minimum Gasteiger partial charge on any atom is -0.508 e. The highest BCUT2D eigenvalue weighted by Crippen LogP contribution is 2.32. The van der Waals surface area contributed by atoms with Gasteiger partial charge in [-0.25, -0.2) is 4.98 Å². The minimum atomic E-state index is -4.36. The normalized spacial score (nSPS) is 15.3. The maximum absolute atomic E-state index is 12.9. The van der Waals surface area contributed by atoms with Gasteiger partial charge in [0.05, 0.1) is 27.3 Å². The van der Waals surface area contributed by atoms with Crippen molar-refractivity contribution in [1.29, 1.82) is 0 Å². The van der Waals surface area contributed by atoms with Crippen molar-refractivity contribution in [2.24, 2.45) is 0 Å². The monoisotopic (exact) mass is 464 g/mol. The molecule has 1 aliphatic rings. The van der Waals surface area contributed by atoms with E-state index in [9.17, 15) is 23.1 Å². The molecule has 6 nitrogen and oxygen atoms in total. The van der Waals surface area contributed by atoms with E-state index in [-0.39, 0.29) is 18.2 Å². The minimum absolute atomic E-state index is 0.0868. The number of aromatic nitrogens is 1. The number of phenolic OH excluding ortho intramolecular Hbond substituents is 1. The molecule has 170 valence electrons. The molecule has 1 amide bonds. The van der Waals surface area contributed by atoms with Gasteiger partial charge in [-0.2, -0.15) is 13.2 Å². The Morgan fingerprint density at radius 1 is 1.12 bits per heavy atom. The summed E-state index contributed by atoms with van der Waals surface area (Å²) in [6.07, 6.45) is -3.75. The lowest BCUT2D eigenvalue weighted by molar-refractivity contribution is -0.137. The first kappa shape index (κ1) is 22.3. The van der Waals surface area contributed by atoms with Crippen LogP contribution in [-0.4, -0.2) is 60.2 Å². The highest BCUT2D eigenvalue weighted by atomic mass is 32.1. The fourth-order valence-corrected chi connectivity index (χ4v) is 4.68. The summed E-state index contributed by atoms with van der Waals surface area (Å²) in [4.78, 5) is 20.7. The van der Waals surface area contributed by atoms with E-state index in [1.165, 1.54) is 23.5 Å². The van der Waals surface area contributed by atoms with Crippen LogP contribution in [0.2, 0.25) is 0 Å². The lowest BCUT2D eigenvalue weighted by Gasteiger charge is -2.36. The SMILES string of the molecule is O=C(CN1CCN(c2cccc(C(F)(F)F)c2)CC1)NCCc1nc2ccc(O)cc2s1. The van der Waals surface area contributed by atoms with Crippen LogP contribution < -0.4 is 10.2 Å². The molecule has 0 saturated carbocycles. The van der Waals surface area contributed by atoms with Crippen molar-refractivity contribution in [3.63, 3.8) is 0 Å². The second-order valence-corrected chi connectivity index (χ2v) is 8.79. The van der Waals surface area contributed by atoms with Gasteiger partial charge in [-0.05, 0) is 36.4 Å². The quantitative estimate of drug-likeness (QED) is 0.585. The molecular formula is C22H23F3N4O2S. The van der Waals surface area contributed by atoms with Crippen molar-refractivity contribution in [1.82, 2.24) is 15.2 Å². The van der Waals surface area contributed by atoms with E-state index < -0.39 is 11.7 Å². The molecule has 1 aromatic heterocycles. The number of benzene rings is 2. The van der Waals surface area contributed by atoms with E-state index in [2.05, 4.69) is 10.3 Å². The summed E-state index contributed by atoms with van der Waals surface area (Å²) >= 11 is 1.49. The van der Waals surface area contributed by atoms with Crippen LogP contribution in [0.25, 0.3) is 10.2 Å². The number of fused-ring (bicyclic) bond motifs is 1. The second kappa shape index (κ2) is 9.33. The zero-order chi connectivity index (χ0) is 22.7. The first-order chi connectivity index (χ1) is 15.3. The van der Waals surface area contributed by atoms with Crippen molar-refractivity contribution in [2.75, 3.05) is 44.2 Å². The molecule has 0 bridgehead atoms. The topological polar surface area (TPSA) is 68.7 Å².